The maximum atomic E-state index is 13.2. The van der Waals surface area contributed by atoms with E-state index in [1.165, 1.54) is 18.2 Å². The molecule has 0 unspecified atom stereocenters. The number of H-pyrrole nitrogens is 1. The summed E-state index contributed by atoms with van der Waals surface area (Å²) in [6, 6.07) is 5.08. The fraction of sp³-hybridized carbons (Fsp3) is 0.188. The van der Waals surface area contributed by atoms with Gasteiger partial charge in [-0.3, -0.25) is 9.89 Å². The van der Waals surface area contributed by atoms with Crippen molar-refractivity contribution in [2.24, 2.45) is 0 Å². The van der Waals surface area contributed by atoms with Crippen molar-refractivity contribution in [3.05, 3.63) is 46.7 Å². The largest absolute Gasteiger partial charge is 0.478 e. The van der Waals surface area contributed by atoms with E-state index in [2.05, 4.69) is 20.5 Å². The summed E-state index contributed by atoms with van der Waals surface area (Å²) in [6.45, 7) is 2.08. The van der Waals surface area contributed by atoms with E-state index in [0.29, 0.717) is 6.61 Å². The quantitative estimate of drug-likeness (QED) is 0.703. The highest BCUT2D eigenvalue weighted by molar-refractivity contribution is 6.34. The number of aromatic amines is 1. The number of hydrogen-bond acceptors (Lipinski definition) is 4. The topological polar surface area (TPSA) is 79.9 Å². The summed E-state index contributed by atoms with van der Waals surface area (Å²) in [5.41, 5.74) is -1.01. The van der Waals surface area contributed by atoms with Gasteiger partial charge in [0.05, 0.1) is 28.9 Å². The molecule has 10 heteroatoms. The summed E-state index contributed by atoms with van der Waals surface area (Å²) in [5.74, 6) is -0.578. The number of alkyl halides is 3. The number of nitrogens with one attached hydrogen (secondary N) is 2. The van der Waals surface area contributed by atoms with Crippen molar-refractivity contribution in [3.63, 3.8) is 0 Å². The Morgan fingerprint density at radius 1 is 1.35 bits per heavy atom. The smallest absolute Gasteiger partial charge is 0.417 e. The number of halogens is 4. The Morgan fingerprint density at radius 2 is 2.12 bits per heavy atom. The fourth-order valence-corrected chi connectivity index (χ4v) is 2.55. The Morgan fingerprint density at radius 3 is 2.81 bits per heavy atom. The molecule has 3 rings (SSSR count). The van der Waals surface area contributed by atoms with Gasteiger partial charge in [-0.05, 0) is 25.1 Å². The van der Waals surface area contributed by atoms with Gasteiger partial charge in [0, 0.05) is 17.1 Å². The Balaban J connectivity index is 1.96. The Bertz CT molecular complexity index is 972. The van der Waals surface area contributed by atoms with Crippen LogP contribution in [0, 0.1) is 0 Å². The van der Waals surface area contributed by atoms with Crippen LogP contribution in [0.2, 0.25) is 5.02 Å². The molecule has 0 aliphatic rings. The van der Waals surface area contributed by atoms with Crippen LogP contribution in [0.1, 0.15) is 23.0 Å². The first kappa shape index (κ1) is 18.0. The molecule has 2 heterocycles. The molecule has 3 aromatic rings. The van der Waals surface area contributed by atoms with E-state index in [1.54, 1.807) is 6.92 Å². The number of benzene rings is 1. The van der Waals surface area contributed by atoms with Gasteiger partial charge in [0.15, 0.2) is 5.69 Å². The van der Waals surface area contributed by atoms with Crippen LogP contribution in [0.5, 0.6) is 5.88 Å². The fourth-order valence-electron chi connectivity index (χ4n) is 2.36. The van der Waals surface area contributed by atoms with E-state index in [4.69, 9.17) is 16.3 Å². The second-order valence-electron chi connectivity index (χ2n) is 5.22. The number of ether oxygens (including phenoxy) is 1. The predicted octanol–water partition coefficient (Wildman–Crippen LogP) is 4.28. The summed E-state index contributed by atoms with van der Waals surface area (Å²) in [5, 5.41) is 8.40. The number of fused-ring (bicyclic) bond motifs is 1. The van der Waals surface area contributed by atoms with Crippen molar-refractivity contribution in [1.29, 1.82) is 0 Å². The van der Waals surface area contributed by atoms with Crippen LogP contribution in [0.25, 0.3) is 10.9 Å². The molecule has 0 radical (unpaired) electrons. The normalized spacial score (nSPS) is 11.6. The standard InChI is InChI=1S/C16H12ClF3N4O2/c1-2-26-13-4-3-11(17)14(23-13)15(25)22-8-5-10(16(18,19)20)9-7-21-24-12(9)6-8/h3-7H,2H2,1H3,(H,21,24)(H,22,25). The molecule has 0 saturated carbocycles. The average molecular weight is 385 g/mol. The van der Waals surface area contributed by atoms with Crippen LogP contribution in [-0.2, 0) is 6.18 Å². The number of hydrogen-bond donors (Lipinski definition) is 2. The van der Waals surface area contributed by atoms with E-state index in [-0.39, 0.29) is 33.2 Å². The molecule has 0 spiro atoms. The number of nitrogens with zero attached hydrogens (tertiary/aromatic N) is 2. The number of amides is 1. The number of pyridine rings is 1. The van der Waals surface area contributed by atoms with Crippen LogP contribution in [0.15, 0.2) is 30.5 Å². The molecule has 2 aromatic heterocycles. The van der Waals surface area contributed by atoms with E-state index in [9.17, 15) is 18.0 Å². The molecule has 26 heavy (non-hydrogen) atoms. The summed E-state index contributed by atoms with van der Waals surface area (Å²) < 4.78 is 44.9. The van der Waals surface area contributed by atoms with Crippen molar-refractivity contribution in [2.45, 2.75) is 13.1 Å². The van der Waals surface area contributed by atoms with Gasteiger partial charge in [-0.1, -0.05) is 11.6 Å². The van der Waals surface area contributed by atoms with Crippen LogP contribution in [0.4, 0.5) is 18.9 Å². The molecule has 0 fully saturated rings. The molecule has 1 amide bonds. The van der Waals surface area contributed by atoms with Crippen LogP contribution in [-0.4, -0.2) is 27.7 Å². The summed E-state index contributed by atoms with van der Waals surface area (Å²) in [6.07, 6.45) is -3.53. The van der Waals surface area contributed by atoms with Gasteiger partial charge in [0.1, 0.15) is 0 Å². The van der Waals surface area contributed by atoms with Crippen LogP contribution < -0.4 is 10.1 Å². The third-order valence-corrected chi connectivity index (χ3v) is 3.75. The van der Waals surface area contributed by atoms with Gasteiger partial charge in [-0.25, -0.2) is 4.98 Å². The molecule has 0 bridgehead atoms. The number of anilines is 1. The van der Waals surface area contributed by atoms with Crippen molar-refractivity contribution in [1.82, 2.24) is 15.2 Å². The maximum Gasteiger partial charge on any atom is 0.417 e. The predicted molar refractivity (Wildman–Crippen MR) is 89.5 cm³/mol. The third kappa shape index (κ3) is 3.57. The van der Waals surface area contributed by atoms with E-state index in [0.717, 1.165) is 12.3 Å². The molecule has 1 aromatic carbocycles. The van der Waals surface area contributed by atoms with Crippen LogP contribution in [0.3, 0.4) is 0 Å². The Labute approximate surface area is 150 Å². The second kappa shape index (κ2) is 6.83. The number of carbonyl (C=O) groups is 1. The van der Waals surface area contributed by atoms with Crippen LogP contribution >= 0.6 is 11.6 Å². The number of rotatable bonds is 4. The van der Waals surface area contributed by atoms with Gasteiger partial charge in [-0.2, -0.15) is 18.3 Å². The van der Waals surface area contributed by atoms with Gasteiger partial charge in [0.2, 0.25) is 5.88 Å². The zero-order chi connectivity index (χ0) is 18.9. The molecule has 2 N–H and O–H groups in total. The summed E-state index contributed by atoms with van der Waals surface area (Å²) >= 11 is 5.96. The number of carbonyl (C=O) groups excluding carboxylic acids is 1. The van der Waals surface area contributed by atoms with E-state index < -0.39 is 17.6 Å². The zero-order valence-electron chi connectivity index (χ0n) is 13.3. The molecule has 6 nitrogen and oxygen atoms in total. The molecule has 0 saturated heterocycles. The highest BCUT2D eigenvalue weighted by Gasteiger charge is 2.33. The molecular formula is C16H12ClF3N4O2. The highest BCUT2D eigenvalue weighted by atomic mass is 35.5. The minimum absolute atomic E-state index is 0.0459. The Hall–Kier alpha value is -2.81. The lowest BCUT2D eigenvalue weighted by Gasteiger charge is -2.12. The minimum atomic E-state index is -4.60. The number of aromatic nitrogens is 3. The van der Waals surface area contributed by atoms with Gasteiger partial charge in [-0.15, -0.1) is 0 Å². The highest BCUT2D eigenvalue weighted by Crippen LogP contribution is 2.36. The monoisotopic (exact) mass is 384 g/mol. The first-order valence-electron chi connectivity index (χ1n) is 7.44. The zero-order valence-corrected chi connectivity index (χ0v) is 14.1. The summed E-state index contributed by atoms with van der Waals surface area (Å²) in [4.78, 5) is 16.4. The molecule has 0 aliphatic heterocycles. The molecule has 0 atom stereocenters. The maximum absolute atomic E-state index is 13.2. The first-order chi connectivity index (χ1) is 12.3. The second-order valence-corrected chi connectivity index (χ2v) is 5.63. The minimum Gasteiger partial charge on any atom is -0.478 e. The van der Waals surface area contributed by atoms with Crippen molar-refractivity contribution >= 4 is 34.1 Å². The Kier molecular flexibility index (Phi) is 4.73. The molecule has 0 aliphatic carbocycles. The third-order valence-electron chi connectivity index (χ3n) is 3.45. The van der Waals surface area contributed by atoms with E-state index in [1.807, 2.05) is 0 Å². The van der Waals surface area contributed by atoms with E-state index >= 15 is 0 Å². The summed E-state index contributed by atoms with van der Waals surface area (Å²) in [7, 11) is 0. The molecule has 136 valence electrons. The SMILES string of the molecule is CCOc1ccc(Cl)c(C(=O)Nc2cc(C(F)(F)F)c3cn[nH]c3c2)n1. The van der Waals surface area contributed by atoms with Crippen molar-refractivity contribution in [3.8, 4) is 5.88 Å². The molecular weight excluding hydrogens is 373 g/mol. The first-order valence-corrected chi connectivity index (χ1v) is 7.82. The van der Waals surface area contributed by atoms with Gasteiger partial charge in [0.25, 0.3) is 5.91 Å². The van der Waals surface area contributed by atoms with Gasteiger partial charge < -0.3 is 10.1 Å². The average Bonchev–Trinajstić information content (AvgIpc) is 3.03. The lowest BCUT2D eigenvalue weighted by atomic mass is 10.1. The lowest BCUT2D eigenvalue weighted by molar-refractivity contribution is -0.136. The lowest BCUT2D eigenvalue weighted by Crippen LogP contribution is -2.16. The van der Waals surface area contributed by atoms with Gasteiger partial charge >= 0.3 is 6.18 Å². The van der Waals surface area contributed by atoms with Crippen molar-refractivity contribution in [2.75, 3.05) is 11.9 Å². The van der Waals surface area contributed by atoms with Crippen molar-refractivity contribution < 1.29 is 22.7 Å².